The second-order valence-electron chi connectivity index (χ2n) is 11.8. The molecule has 6 aromatic rings. The molecule has 1 N–H and O–H groups in total. The number of carbonyl (C=O) groups is 1. The van der Waals surface area contributed by atoms with Crippen LogP contribution in [0.5, 0.6) is 28.9 Å². The number of nitrogens with zero attached hydrogens (tertiary/aromatic N) is 6. The average molecular weight is 700 g/mol. The van der Waals surface area contributed by atoms with Crippen LogP contribution in [0.3, 0.4) is 0 Å². The van der Waals surface area contributed by atoms with E-state index in [1.165, 1.54) is 0 Å². The van der Waals surface area contributed by atoms with Crippen LogP contribution in [0.25, 0.3) is 33.5 Å². The van der Waals surface area contributed by atoms with E-state index >= 15 is 0 Å². The first-order valence-electron chi connectivity index (χ1n) is 15.9. The Morgan fingerprint density at radius 1 is 0.780 bits per heavy atom. The molecule has 1 fully saturated rings. The molecule has 2 atom stereocenters. The zero-order chi connectivity index (χ0) is 35.5. The van der Waals surface area contributed by atoms with Crippen molar-refractivity contribution >= 4 is 28.5 Å². The molecule has 1 amide bonds. The molecule has 0 unspecified atom stereocenters. The Bertz CT molecular complexity index is 2180. The zero-order valence-electron chi connectivity index (χ0n) is 28.9. The number of aromatic nitrogens is 6. The number of hydrogen-bond acceptors (Lipinski definition) is 10. The maximum Gasteiger partial charge on any atom is 0.241 e. The minimum atomic E-state index is -0.166. The van der Waals surface area contributed by atoms with Crippen LogP contribution in [0.1, 0.15) is 24.5 Å². The number of benzene rings is 2. The summed E-state index contributed by atoms with van der Waals surface area (Å²) in [4.78, 5) is 20.8. The monoisotopic (exact) mass is 699 g/mol. The largest absolute Gasteiger partial charge is 0.493 e. The van der Waals surface area contributed by atoms with Crippen LogP contribution < -0.4 is 29.0 Å². The lowest BCUT2D eigenvalue weighted by molar-refractivity contribution is -0.119. The van der Waals surface area contributed by atoms with Gasteiger partial charge >= 0.3 is 0 Å². The average Bonchev–Trinajstić information content (AvgIpc) is 3.85. The zero-order valence-corrected chi connectivity index (χ0v) is 29.6. The molecule has 14 heteroatoms. The molecule has 0 radical (unpaired) electrons. The summed E-state index contributed by atoms with van der Waals surface area (Å²) in [6.45, 7) is 6.51. The molecule has 5 heterocycles. The van der Waals surface area contributed by atoms with Gasteiger partial charge in [-0.2, -0.15) is 10.2 Å². The molecule has 1 aliphatic heterocycles. The fourth-order valence-electron chi connectivity index (χ4n) is 5.81. The van der Waals surface area contributed by atoms with E-state index in [0.717, 1.165) is 39.0 Å². The Balaban J connectivity index is 0.000000182. The Kier molecular flexibility index (Phi) is 9.95. The van der Waals surface area contributed by atoms with E-state index < -0.39 is 0 Å². The van der Waals surface area contributed by atoms with Gasteiger partial charge < -0.3 is 29.0 Å². The van der Waals surface area contributed by atoms with Crippen LogP contribution >= 0.6 is 11.6 Å². The van der Waals surface area contributed by atoms with Crippen molar-refractivity contribution in [1.29, 1.82) is 0 Å². The van der Waals surface area contributed by atoms with Crippen molar-refractivity contribution in [3.05, 3.63) is 77.5 Å². The smallest absolute Gasteiger partial charge is 0.241 e. The van der Waals surface area contributed by atoms with Crippen LogP contribution in [-0.2, 0) is 4.79 Å². The van der Waals surface area contributed by atoms with Gasteiger partial charge in [0.15, 0.2) is 28.2 Å². The van der Waals surface area contributed by atoms with E-state index in [1.807, 2.05) is 69.6 Å². The normalized spacial score (nSPS) is 14.6. The maximum atomic E-state index is 11.6. The first-order valence-corrected chi connectivity index (χ1v) is 16.2. The summed E-state index contributed by atoms with van der Waals surface area (Å²) in [6, 6.07) is 11.2. The van der Waals surface area contributed by atoms with E-state index in [1.54, 1.807) is 49.9 Å². The van der Waals surface area contributed by atoms with Crippen molar-refractivity contribution in [3.8, 4) is 51.4 Å². The van der Waals surface area contributed by atoms with Gasteiger partial charge in [0.25, 0.3) is 0 Å². The molecule has 0 bridgehead atoms. The van der Waals surface area contributed by atoms with E-state index in [-0.39, 0.29) is 17.9 Å². The van der Waals surface area contributed by atoms with E-state index in [0.29, 0.717) is 52.7 Å². The second-order valence-corrected chi connectivity index (χ2v) is 12.2. The molecule has 7 rings (SSSR count). The van der Waals surface area contributed by atoms with Crippen molar-refractivity contribution in [2.24, 2.45) is 5.92 Å². The summed E-state index contributed by atoms with van der Waals surface area (Å²) in [7, 11) is 6.40. The standard InChI is InChI=1S/C21H24N4O4.C15H14ClN3O2/c1-12-9-23-25-11-16(14-5-6-17(27-3)18(7-14)28-4)24-21(20(12)25)29-13(2)15-8-19(26)22-10-15;1-9-7-17-19-8-11(18-15(16)14(9)19)10-4-5-12(20-2)13(6-10)21-3/h5-7,9,11,13,15H,8,10H2,1-4H3,(H,22,26);4-8H,1-3H3/t13-,15-;/m1./s1. The van der Waals surface area contributed by atoms with Gasteiger partial charge in [-0.05, 0) is 62.7 Å². The van der Waals surface area contributed by atoms with Crippen molar-refractivity contribution in [1.82, 2.24) is 34.5 Å². The molecule has 0 saturated carbocycles. The van der Waals surface area contributed by atoms with Gasteiger partial charge in [0.2, 0.25) is 11.8 Å². The summed E-state index contributed by atoms with van der Waals surface area (Å²) in [5, 5.41) is 12.0. The number of fused-ring (bicyclic) bond motifs is 2. The quantitative estimate of drug-likeness (QED) is 0.191. The third-order valence-electron chi connectivity index (χ3n) is 8.61. The summed E-state index contributed by atoms with van der Waals surface area (Å²) in [5.41, 5.74) is 6.75. The number of amides is 1. The van der Waals surface area contributed by atoms with Crippen LogP contribution in [0, 0.1) is 19.8 Å². The maximum absolute atomic E-state index is 11.6. The number of methoxy groups -OCH3 is 4. The van der Waals surface area contributed by atoms with Crippen LogP contribution in [0.15, 0.2) is 61.2 Å². The Hall–Kier alpha value is -5.56. The van der Waals surface area contributed by atoms with Crippen molar-refractivity contribution in [3.63, 3.8) is 0 Å². The highest BCUT2D eigenvalue weighted by Gasteiger charge is 2.29. The van der Waals surface area contributed by atoms with E-state index in [9.17, 15) is 4.79 Å². The minimum Gasteiger partial charge on any atom is -0.493 e. The number of ether oxygens (including phenoxy) is 5. The van der Waals surface area contributed by atoms with E-state index in [4.69, 9.17) is 40.3 Å². The lowest BCUT2D eigenvalue weighted by Gasteiger charge is -2.20. The molecule has 260 valence electrons. The predicted molar refractivity (Wildman–Crippen MR) is 189 cm³/mol. The molecule has 50 heavy (non-hydrogen) atoms. The first kappa shape index (κ1) is 34.3. The lowest BCUT2D eigenvalue weighted by atomic mass is 10.0. The summed E-state index contributed by atoms with van der Waals surface area (Å²) in [5.74, 6) is 3.25. The molecule has 0 spiro atoms. The molecule has 2 aromatic carbocycles. The van der Waals surface area contributed by atoms with Gasteiger partial charge in [-0.15, -0.1) is 0 Å². The fraction of sp³-hybridized carbons (Fsp3) is 0.306. The number of nitrogens with one attached hydrogen (secondary N) is 1. The molecule has 1 aliphatic rings. The van der Waals surface area contributed by atoms with Crippen LogP contribution in [0.2, 0.25) is 5.15 Å². The van der Waals surface area contributed by atoms with Gasteiger partial charge in [0, 0.05) is 35.6 Å². The molecule has 4 aromatic heterocycles. The molecule has 1 saturated heterocycles. The number of rotatable bonds is 9. The van der Waals surface area contributed by atoms with Crippen molar-refractivity contribution < 1.29 is 28.5 Å². The molecular formula is C36H38ClN7O6. The highest BCUT2D eigenvalue weighted by atomic mass is 35.5. The number of aryl methyl sites for hydroxylation is 2. The van der Waals surface area contributed by atoms with Crippen molar-refractivity contribution in [2.75, 3.05) is 35.0 Å². The van der Waals surface area contributed by atoms with E-state index in [2.05, 4.69) is 20.5 Å². The third-order valence-corrected chi connectivity index (χ3v) is 8.88. The summed E-state index contributed by atoms with van der Waals surface area (Å²) in [6.07, 6.45) is 7.55. The fourth-order valence-corrected chi connectivity index (χ4v) is 6.14. The van der Waals surface area contributed by atoms with Gasteiger partial charge in [-0.25, -0.2) is 19.0 Å². The van der Waals surface area contributed by atoms with Gasteiger partial charge in [0.05, 0.1) is 64.6 Å². The number of carbonyl (C=O) groups excluding carboxylic acids is 1. The van der Waals surface area contributed by atoms with Gasteiger partial charge in [0.1, 0.15) is 17.1 Å². The topological polar surface area (TPSA) is 136 Å². The SMILES string of the molecule is COc1ccc(-c2cn3ncc(C)c3c(Cl)n2)cc1OC.COc1ccc(-c2cn3ncc(C)c3c(O[C@H](C)[C@H]3CNC(=O)C3)n2)cc1OC. The minimum absolute atomic E-state index is 0.0585. The summed E-state index contributed by atoms with van der Waals surface area (Å²) >= 11 is 6.26. The Labute approximate surface area is 294 Å². The van der Waals surface area contributed by atoms with Gasteiger partial charge in [-0.3, -0.25) is 4.79 Å². The molecular weight excluding hydrogens is 662 g/mol. The Morgan fingerprint density at radius 3 is 1.82 bits per heavy atom. The lowest BCUT2D eigenvalue weighted by Crippen LogP contribution is -2.26. The molecule has 13 nitrogen and oxygen atoms in total. The highest BCUT2D eigenvalue weighted by molar-refractivity contribution is 6.32. The molecule has 0 aliphatic carbocycles. The van der Waals surface area contributed by atoms with Crippen LogP contribution in [0.4, 0.5) is 0 Å². The third kappa shape index (κ3) is 6.81. The second kappa shape index (κ2) is 14.5. The van der Waals surface area contributed by atoms with Gasteiger partial charge in [-0.1, -0.05) is 11.6 Å². The Morgan fingerprint density at radius 2 is 1.30 bits per heavy atom. The summed E-state index contributed by atoms with van der Waals surface area (Å²) < 4.78 is 31.0. The first-order chi connectivity index (χ1) is 24.1. The number of halogens is 1. The number of hydrogen-bond donors (Lipinski definition) is 1. The van der Waals surface area contributed by atoms with Crippen molar-refractivity contribution in [2.45, 2.75) is 33.3 Å². The predicted octanol–water partition coefficient (Wildman–Crippen LogP) is 6.00. The van der Waals surface area contributed by atoms with Crippen LogP contribution in [-0.4, -0.2) is 76.2 Å². The highest BCUT2D eigenvalue weighted by Crippen LogP contribution is 2.35.